The summed E-state index contributed by atoms with van der Waals surface area (Å²) in [4.78, 5) is 28.9. The van der Waals surface area contributed by atoms with Crippen molar-refractivity contribution in [1.82, 2.24) is 9.88 Å². The second-order valence-electron chi connectivity index (χ2n) is 8.45. The van der Waals surface area contributed by atoms with E-state index in [1.807, 2.05) is 48.5 Å². The summed E-state index contributed by atoms with van der Waals surface area (Å²) >= 11 is 0. The Bertz CT molecular complexity index is 1350. The molecule has 0 bridgehead atoms. The fourth-order valence-corrected chi connectivity index (χ4v) is 4.79. The van der Waals surface area contributed by atoms with Crippen LogP contribution in [0.25, 0.3) is 22.0 Å². The number of amides is 1. The lowest BCUT2D eigenvalue weighted by atomic mass is 9.98. The normalized spacial score (nSPS) is 13.4. The highest BCUT2D eigenvalue weighted by Gasteiger charge is 2.32. The number of hydrogen-bond acceptors (Lipinski definition) is 3. The molecule has 0 unspecified atom stereocenters. The van der Waals surface area contributed by atoms with Gasteiger partial charge in [-0.15, -0.1) is 0 Å². The van der Waals surface area contributed by atoms with Crippen LogP contribution in [0, 0.1) is 5.82 Å². The number of ether oxygens (including phenoxy) is 1. The SMILES string of the molecule is CN(C(=O)OCC1c2ccccc2-c2ccccc21)[C@@H](Cc1c[nH]c2cccc(F)c12)C(=O)O. The quantitative estimate of drug-likeness (QED) is 0.417. The average Bonchev–Trinajstić information content (AvgIpc) is 3.40. The molecule has 6 nitrogen and oxygen atoms in total. The average molecular weight is 458 g/mol. The molecule has 172 valence electrons. The molecule has 2 N–H and O–H groups in total. The Morgan fingerprint density at radius 1 is 1.03 bits per heavy atom. The van der Waals surface area contributed by atoms with E-state index in [-0.39, 0.29) is 18.9 Å². The van der Waals surface area contributed by atoms with Crippen LogP contribution in [-0.2, 0) is 16.0 Å². The zero-order valence-corrected chi connectivity index (χ0v) is 18.5. The van der Waals surface area contributed by atoms with Gasteiger partial charge in [-0.3, -0.25) is 4.90 Å². The van der Waals surface area contributed by atoms with Crippen molar-refractivity contribution in [2.75, 3.05) is 13.7 Å². The van der Waals surface area contributed by atoms with Gasteiger partial charge in [-0.1, -0.05) is 54.6 Å². The van der Waals surface area contributed by atoms with Crippen molar-refractivity contribution in [3.05, 3.63) is 95.4 Å². The summed E-state index contributed by atoms with van der Waals surface area (Å²) in [6.07, 6.45) is 0.779. The molecule has 1 atom stereocenters. The summed E-state index contributed by atoms with van der Waals surface area (Å²) in [5, 5.41) is 10.1. The van der Waals surface area contributed by atoms with Crippen LogP contribution >= 0.6 is 0 Å². The van der Waals surface area contributed by atoms with Gasteiger partial charge < -0.3 is 14.8 Å². The molecule has 0 aliphatic heterocycles. The number of hydrogen-bond donors (Lipinski definition) is 2. The number of carbonyl (C=O) groups excluding carboxylic acids is 1. The van der Waals surface area contributed by atoms with Gasteiger partial charge in [-0.05, 0) is 39.9 Å². The lowest BCUT2D eigenvalue weighted by Gasteiger charge is -2.25. The summed E-state index contributed by atoms with van der Waals surface area (Å²) < 4.78 is 20.0. The Morgan fingerprint density at radius 3 is 2.32 bits per heavy atom. The van der Waals surface area contributed by atoms with Gasteiger partial charge in [0.2, 0.25) is 0 Å². The molecule has 0 radical (unpaired) electrons. The second-order valence-corrected chi connectivity index (χ2v) is 8.45. The number of aromatic amines is 1. The van der Waals surface area contributed by atoms with Crippen molar-refractivity contribution in [2.45, 2.75) is 18.4 Å². The van der Waals surface area contributed by atoms with E-state index in [9.17, 15) is 19.1 Å². The van der Waals surface area contributed by atoms with Crippen LogP contribution in [0.15, 0.2) is 72.9 Å². The van der Waals surface area contributed by atoms with Crippen molar-refractivity contribution in [3.8, 4) is 11.1 Å². The van der Waals surface area contributed by atoms with Gasteiger partial charge in [0.25, 0.3) is 0 Å². The molecule has 0 saturated carbocycles. The predicted octanol–water partition coefficient (Wildman–Crippen LogP) is 5.18. The highest BCUT2D eigenvalue weighted by atomic mass is 19.1. The van der Waals surface area contributed by atoms with Gasteiger partial charge in [-0.25, -0.2) is 14.0 Å². The first kappa shape index (κ1) is 21.7. The van der Waals surface area contributed by atoms with Crippen LogP contribution in [0.4, 0.5) is 9.18 Å². The first-order valence-corrected chi connectivity index (χ1v) is 11.0. The van der Waals surface area contributed by atoms with E-state index in [0.717, 1.165) is 27.2 Å². The number of likely N-dealkylation sites (N-methyl/N-ethyl adjacent to an activating group) is 1. The zero-order valence-electron chi connectivity index (χ0n) is 18.5. The van der Waals surface area contributed by atoms with Gasteiger partial charge in [0.15, 0.2) is 0 Å². The maximum Gasteiger partial charge on any atom is 0.410 e. The Morgan fingerprint density at radius 2 is 1.68 bits per heavy atom. The Labute approximate surface area is 195 Å². The minimum atomic E-state index is -1.21. The van der Waals surface area contributed by atoms with Gasteiger partial charge in [0, 0.05) is 36.5 Å². The first-order chi connectivity index (χ1) is 16.5. The van der Waals surface area contributed by atoms with E-state index in [0.29, 0.717) is 16.5 Å². The lowest BCUT2D eigenvalue weighted by molar-refractivity contribution is -0.142. The number of nitrogens with zero attached hydrogens (tertiary/aromatic N) is 1. The monoisotopic (exact) mass is 458 g/mol. The number of carboxylic acids is 1. The van der Waals surface area contributed by atoms with Crippen LogP contribution in [0.3, 0.4) is 0 Å². The van der Waals surface area contributed by atoms with Crippen molar-refractivity contribution >= 4 is 23.0 Å². The van der Waals surface area contributed by atoms with E-state index < -0.39 is 23.9 Å². The van der Waals surface area contributed by atoms with Crippen LogP contribution < -0.4 is 0 Å². The van der Waals surface area contributed by atoms with Crippen LogP contribution in [0.2, 0.25) is 0 Å². The molecule has 4 aromatic rings. The van der Waals surface area contributed by atoms with Crippen molar-refractivity contribution in [1.29, 1.82) is 0 Å². The van der Waals surface area contributed by atoms with Gasteiger partial charge in [-0.2, -0.15) is 0 Å². The number of benzene rings is 3. The highest BCUT2D eigenvalue weighted by molar-refractivity contribution is 5.86. The number of halogens is 1. The van der Waals surface area contributed by atoms with Crippen molar-refractivity contribution in [2.24, 2.45) is 0 Å². The molecular weight excluding hydrogens is 435 g/mol. The van der Waals surface area contributed by atoms with Gasteiger partial charge in [0.05, 0.1) is 0 Å². The highest BCUT2D eigenvalue weighted by Crippen LogP contribution is 2.44. The molecule has 34 heavy (non-hydrogen) atoms. The topological polar surface area (TPSA) is 82.6 Å². The maximum absolute atomic E-state index is 14.4. The van der Waals surface area contributed by atoms with Crippen molar-refractivity contribution in [3.63, 3.8) is 0 Å². The Hall–Kier alpha value is -4.13. The molecule has 0 spiro atoms. The summed E-state index contributed by atoms with van der Waals surface area (Å²) in [6.45, 7) is 0.0885. The van der Waals surface area contributed by atoms with E-state index in [1.54, 1.807) is 18.3 Å². The van der Waals surface area contributed by atoms with Crippen LogP contribution in [0.1, 0.15) is 22.6 Å². The summed E-state index contributed by atoms with van der Waals surface area (Å²) in [5.74, 6) is -1.76. The minimum Gasteiger partial charge on any atom is -0.480 e. The number of aromatic nitrogens is 1. The molecular formula is C27H23FN2O4. The van der Waals surface area contributed by atoms with E-state index in [2.05, 4.69) is 4.98 Å². The third-order valence-corrected chi connectivity index (χ3v) is 6.53. The number of H-pyrrole nitrogens is 1. The third-order valence-electron chi connectivity index (χ3n) is 6.53. The lowest BCUT2D eigenvalue weighted by Crippen LogP contribution is -2.44. The predicted molar refractivity (Wildman–Crippen MR) is 126 cm³/mol. The number of carbonyl (C=O) groups is 2. The Kier molecular flexibility index (Phi) is 5.53. The first-order valence-electron chi connectivity index (χ1n) is 11.0. The molecule has 1 amide bonds. The number of nitrogens with one attached hydrogen (secondary N) is 1. The minimum absolute atomic E-state index is 0.0586. The molecule has 5 rings (SSSR count). The number of aliphatic carboxylic acids is 1. The molecule has 1 aliphatic carbocycles. The summed E-state index contributed by atoms with van der Waals surface area (Å²) in [6, 6.07) is 19.4. The summed E-state index contributed by atoms with van der Waals surface area (Å²) in [7, 11) is 1.39. The fraction of sp³-hybridized carbons (Fsp3) is 0.185. The molecule has 1 aromatic heterocycles. The summed E-state index contributed by atoms with van der Waals surface area (Å²) in [5.41, 5.74) is 5.42. The van der Waals surface area contributed by atoms with E-state index >= 15 is 0 Å². The zero-order chi connectivity index (χ0) is 23.8. The van der Waals surface area contributed by atoms with E-state index in [1.165, 1.54) is 13.1 Å². The Balaban J connectivity index is 1.33. The molecule has 1 aliphatic rings. The molecule has 0 saturated heterocycles. The fourth-order valence-electron chi connectivity index (χ4n) is 4.79. The molecule has 1 heterocycles. The molecule has 0 fully saturated rings. The van der Waals surface area contributed by atoms with Gasteiger partial charge >= 0.3 is 12.1 Å². The smallest absolute Gasteiger partial charge is 0.410 e. The van der Waals surface area contributed by atoms with Gasteiger partial charge in [0.1, 0.15) is 18.5 Å². The third kappa shape index (κ3) is 3.69. The second kappa shape index (κ2) is 8.67. The maximum atomic E-state index is 14.4. The van der Waals surface area contributed by atoms with Crippen LogP contribution in [0.5, 0.6) is 0 Å². The molecule has 3 aromatic carbocycles. The number of fused-ring (bicyclic) bond motifs is 4. The number of rotatable bonds is 6. The van der Waals surface area contributed by atoms with Crippen LogP contribution in [-0.4, -0.2) is 46.7 Å². The molecule has 7 heteroatoms. The van der Waals surface area contributed by atoms with E-state index in [4.69, 9.17) is 4.74 Å². The standard InChI is InChI=1S/C27H23FN2O4/c1-30(24(26(31)32)13-16-14-29-23-12-6-11-22(28)25(16)23)27(33)34-15-21-19-9-4-2-7-17(19)18-8-3-5-10-20(18)21/h2-12,14,21,24,29H,13,15H2,1H3,(H,31,32)/t24-/m0/s1. The number of carboxylic acid groups (broad SMARTS) is 1. The largest absolute Gasteiger partial charge is 0.480 e. The van der Waals surface area contributed by atoms with Crippen molar-refractivity contribution < 1.29 is 23.8 Å².